The summed E-state index contributed by atoms with van der Waals surface area (Å²) in [4.78, 5) is 16.2. The van der Waals surface area contributed by atoms with Gasteiger partial charge in [-0.15, -0.1) is 0 Å². The number of pyridine rings is 1. The fourth-order valence-corrected chi connectivity index (χ4v) is 2.76. The molecular weight excluding hydrogens is 272 g/mol. The molecule has 0 fully saturated rings. The van der Waals surface area contributed by atoms with Crippen molar-refractivity contribution in [3.05, 3.63) is 35.6 Å². The van der Waals surface area contributed by atoms with E-state index < -0.39 is 0 Å². The molecule has 22 heavy (non-hydrogen) atoms. The molecule has 1 aliphatic rings. The molecule has 118 valence electrons. The van der Waals surface area contributed by atoms with Gasteiger partial charge in [-0.05, 0) is 39.2 Å². The summed E-state index contributed by atoms with van der Waals surface area (Å²) in [7, 11) is 0. The lowest BCUT2D eigenvalue weighted by Crippen LogP contribution is -2.22. The van der Waals surface area contributed by atoms with E-state index in [-0.39, 0.29) is 0 Å². The number of hydrogen-bond donors (Lipinski definition) is 0. The molecule has 0 atom stereocenters. The zero-order valence-electron chi connectivity index (χ0n) is 14.3. The summed E-state index contributed by atoms with van der Waals surface area (Å²) in [6.45, 7) is 11.1. The van der Waals surface area contributed by atoms with Crippen LogP contribution in [0, 0.1) is 13.8 Å². The van der Waals surface area contributed by atoms with Crippen molar-refractivity contribution in [3.63, 3.8) is 0 Å². The normalized spacial score (nSPS) is 14.0. The topological polar surface area (TPSA) is 41.9 Å². The molecule has 0 saturated carbocycles. The highest BCUT2D eigenvalue weighted by molar-refractivity contribution is 5.92. The fraction of sp³-hybridized carbons (Fsp3) is 0.500. The molecule has 3 heterocycles. The monoisotopic (exact) mass is 298 g/mol. The van der Waals surface area contributed by atoms with Crippen LogP contribution in [0.4, 0.5) is 5.82 Å². The molecule has 0 saturated heterocycles. The number of allylic oxidation sites excluding steroid dienone is 1. The van der Waals surface area contributed by atoms with Gasteiger partial charge in [0.25, 0.3) is 0 Å². The Balaban J connectivity index is 0.000000847. The molecule has 0 radical (unpaired) electrons. The van der Waals surface area contributed by atoms with E-state index in [0.717, 1.165) is 53.3 Å². The Labute approximate surface area is 133 Å². The summed E-state index contributed by atoms with van der Waals surface area (Å²) >= 11 is 0. The van der Waals surface area contributed by atoms with Crippen LogP contribution in [0.3, 0.4) is 0 Å². The molecule has 0 aliphatic carbocycles. The first-order valence-electron chi connectivity index (χ1n) is 8.27. The van der Waals surface area contributed by atoms with Crippen molar-refractivity contribution in [2.75, 3.05) is 11.4 Å². The zero-order chi connectivity index (χ0) is 16.1. The average molecular weight is 298 g/mol. The van der Waals surface area contributed by atoms with Crippen LogP contribution in [-0.2, 0) is 6.42 Å². The highest BCUT2D eigenvalue weighted by Crippen LogP contribution is 2.29. The van der Waals surface area contributed by atoms with Crippen LogP contribution in [0.15, 0.2) is 18.3 Å². The first-order chi connectivity index (χ1) is 10.7. The Morgan fingerprint density at radius 2 is 1.91 bits per heavy atom. The number of nitrogens with zero attached hydrogens (tertiary/aromatic N) is 4. The Kier molecular flexibility index (Phi) is 5.47. The van der Waals surface area contributed by atoms with Gasteiger partial charge in [0.1, 0.15) is 11.6 Å². The zero-order valence-corrected chi connectivity index (χ0v) is 14.3. The average Bonchev–Trinajstić information content (AvgIpc) is 2.55. The minimum absolute atomic E-state index is 0.819. The standard InChI is InChI=1S/C16H20N4.C2H6/c1-4-13-15-14(10-11(2)17-13)18-12(3)19-16(15)20-8-6-5-7-9-20;1-2/h6,8,10H,4-5,7,9H2,1-3H3;1-2H3. The third-order valence-corrected chi connectivity index (χ3v) is 3.64. The third kappa shape index (κ3) is 3.26. The number of fused-ring (bicyclic) bond motifs is 1. The number of aromatic nitrogens is 3. The van der Waals surface area contributed by atoms with Crippen LogP contribution >= 0.6 is 0 Å². The smallest absolute Gasteiger partial charge is 0.146 e. The second-order valence-corrected chi connectivity index (χ2v) is 5.27. The van der Waals surface area contributed by atoms with E-state index in [1.54, 1.807) is 0 Å². The lowest BCUT2D eigenvalue weighted by atomic mass is 10.1. The van der Waals surface area contributed by atoms with Crippen molar-refractivity contribution < 1.29 is 0 Å². The van der Waals surface area contributed by atoms with Gasteiger partial charge >= 0.3 is 0 Å². The second kappa shape index (κ2) is 7.34. The van der Waals surface area contributed by atoms with Crippen molar-refractivity contribution in [1.82, 2.24) is 15.0 Å². The summed E-state index contributed by atoms with van der Waals surface area (Å²) in [6, 6.07) is 2.06. The predicted molar refractivity (Wildman–Crippen MR) is 93.3 cm³/mol. The summed E-state index contributed by atoms with van der Waals surface area (Å²) in [5, 5.41) is 1.11. The Morgan fingerprint density at radius 3 is 2.55 bits per heavy atom. The fourth-order valence-electron chi connectivity index (χ4n) is 2.76. The van der Waals surface area contributed by atoms with Crippen LogP contribution in [-0.4, -0.2) is 21.5 Å². The molecule has 4 heteroatoms. The molecular formula is C18H26N4. The summed E-state index contributed by atoms with van der Waals surface area (Å²) in [6.07, 6.45) is 7.57. The minimum Gasteiger partial charge on any atom is -0.333 e. The largest absolute Gasteiger partial charge is 0.333 e. The summed E-state index contributed by atoms with van der Waals surface area (Å²) in [5.41, 5.74) is 3.12. The van der Waals surface area contributed by atoms with Gasteiger partial charge in [-0.25, -0.2) is 9.97 Å². The highest BCUT2D eigenvalue weighted by atomic mass is 15.2. The van der Waals surface area contributed by atoms with Crippen LogP contribution in [0.25, 0.3) is 10.9 Å². The SMILES string of the molecule is CC.CCc1nc(C)cc2nc(C)nc(N3C=CCCC3)c12. The molecule has 0 aromatic carbocycles. The first kappa shape index (κ1) is 16.4. The van der Waals surface area contributed by atoms with E-state index >= 15 is 0 Å². The molecule has 0 bridgehead atoms. The van der Waals surface area contributed by atoms with E-state index in [4.69, 9.17) is 0 Å². The van der Waals surface area contributed by atoms with Gasteiger partial charge in [0, 0.05) is 18.4 Å². The first-order valence-corrected chi connectivity index (χ1v) is 8.27. The van der Waals surface area contributed by atoms with Crippen LogP contribution in [0.1, 0.15) is 50.8 Å². The lowest BCUT2D eigenvalue weighted by molar-refractivity contribution is 0.776. The molecule has 2 aromatic rings. The van der Waals surface area contributed by atoms with Crippen LogP contribution < -0.4 is 4.90 Å². The van der Waals surface area contributed by atoms with Gasteiger partial charge in [0.2, 0.25) is 0 Å². The quantitative estimate of drug-likeness (QED) is 0.827. The van der Waals surface area contributed by atoms with Crippen molar-refractivity contribution in [3.8, 4) is 0 Å². The maximum Gasteiger partial charge on any atom is 0.146 e. The Morgan fingerprint density at radius 1 is 1.14 bits per heavy atom. The van der Waals surface area contributed by atoms with Crippen molar-refractivity contribution >= 4 is 16.7 Å². The Hall–Kier alpha value is -1.97. The molecule has 3 rings (SSSR count). The van der Waals surface area contributed by atoms with Gasteiger partial charge in [-0.3, -0.25) is 4.98 Å². The second-order valence-electron chi connectivity index (χ2n) is 5.27. The van der Waals surface area contributed by atoms with Crippen molar-refractivity contribution in [1.29, 1.82) is 0 Å². The van der Waals surface area contributed by atoms with Gasteiger partial charge < -0.3 is 4.90 Å². The minimum atomic E-state index is 0.819. The number of rotatable bonds is 2. The van der Waals surface area contributed by atoms with E-state index in [9.17, 15) is 0 Å². The number of hydrogen-bond acceptors (Lipinski definition) is 4. The molecule has 0 amide bonds. The van der Waals surface area contributed by atoms with E-state index in [1.165, 1.54) is 6.42 Å². The Bertz CT molecular complexity index is 671. The van der Waals surface area contributed by atoms with Gasteiger partial charge in [0.05, 0.1) is 16.6 Å². The molecule has 0 N–H and O–H groups in total. The number of aryl methyl sites for hydroxylation is 3. The van der Waals surface area contributed by atoms with E-state index in [2.05, 4.69) is 45.1 Å². The maximum atomic E-state index is 4.69. The highest BCUT2D eigenvalue weighted by Gasteiger charge is 2.17. The number of anilines is 1. The van der Waals surface area contributed by atoms with Crippen LogP contribution in [0.2, 0.25) is 0 Å². The molecule has 0 spiro atoms. The molecule has 4 nitrogen and oxygen atoms in total. The predicted octanol–water partition coefficient (Wildman–Crippen LogP) is 4.34. The summed E-state index contributed by atoms with van der Waals surface area (Å²) in [5.74, 6) is 1.83. The van der Waals surface area contributed by atoms with Crippen molar-refractivity contribution in [2.24, 2.45) is 0 Å². The van der Waals surface area contributed by atoms with E-state index in [1.807, 2.05) is 27.7 Å². The third-order valence-electron chi connectivity index (χ3n) is 3.64. The van der Waals surface area contributed by atoms with E-state index in [0.29, 0.717) is 0 Å². The van der Waals surface area contributed by atoms with Gasteiger partial charge in [-0.2, -0.15) is 0 Å². The molecule has 0 unspecified atom stereocenters. The van der Waals surface area contributed by atoms with Gasteiger partial charge in [-0.1, -0.05) is 26.8 Å². The lowest BCUT2D eigenvalue weighted by Gasteiger charge is -2.24. The van der Waals surface area contributed by atoms with Crippen molar-refractivity contribution in [2.45, 2.75) is 53.9 Å². The summed E-state index contributed by atoms with van der Waals surface area (Å²) < 4.78 is 0. The van der Waals surface area contributed by atoms with Crippen LogP contribution in [0.5, 0.6) is 0 Å². The van der Waals surface area contributed by atoms with Gasteiger partial charge in [0.15, 0.2) is 0 Å². The molecule has 2 aromatic heterocycles. The molecule has 1 aliphatic heterocycles. The maximum absolute atomic E-state index is 4.69.